The lowest BCUT2D eigenvalue weighted by atomic mass is 9.83. The summed E-state index contributed by atoms with van der Waals surface area (Å²) in [5.74, 6) is -3.96. The van der Waals surface area contributed by atoms with Crippen LogP contribution in [0.2, 0.25) is 0 Å². The summed E-state index contributed by atoms with van der Waals surface area (Å²) in [5, 5.41) is 12.2. The van der Waals surface area contributed by atoms with E-state index in [0.29, 0.717) is 0 Å². The van der Waals surface area contributed by atoms with Crippen LogP contribution in [-0.2, 0) is 33.7 Å². The number of carbonyl (C=O) groups is 3. The summed E-state index contributed by atoms with van der Waals surface area (Å²) in [4.78, 5) is 33.7. The molecule has 0 bridgehead atoms. The molecule has 2 aromatic rings. The first-order valence-corrected chi connectivity index (χ1v) is 11.8. The van der Waals surface area contributed by atoms with Gasteiger partial charge in [-0.1, -0.05) is 0 Å². The number of halogens is 1. The first-order valence-electron chi connectivity index (χ1n) is 10.3. The van der Waals surface area contributed by atoms with Crippen molar-refractivity contribution in [2.75, 3.05) is 20.3 Å². The second kappa shape index (κ2) is 10.8. The number of hydrogen-bond donors (Lipinski definition) is 2. The van der Waals surface area contributed by atoms with Gasteiger partial charge in [0, 0.05) is 0 Å². The number of benzene rings is 2. The first-order chi connectivity index (χ1) is 16.3. The summed E-state index contributed by atoms with van der Waals surface area (Å²) in [5.41, 5.74) is -2.31. The molecule has 35 heavy (non-hydrogen) atoms. The van der Waals surface area contributed by atoms with Gasteiger partial charge < -0.3 is 19.3 Å². The summed E-state index contributed by atoms with van der Waals surface area (Å²) in [6.07, 6.45) is 0. The Morgan fingerprint density at radius 2 is 1.51 bits per heavy atom. The van der Waals surface area contributed by atoms with Crippen LogP contribution in [0.3, 0.4) is 0 Å². The Bertz CT molecular complexity index is 1180. The van der Waals surface area contributed by atoms with Crippen molar-refractivity contribution in [2.24, 2.45) is 5.41 Å². The maximum Gasteiger partial charge on any atom is 0.343 e. The molecule has 0 heterocycles. The molecule has 0 aliphatic rings. The fraction of sp³-hybridized carbons (Fsp3) is 0.348. The predicted molar refractivity (Wildman–Crippen MR) is 121 cm³/mol. The highest BCUT2D eigenvalue weighted by atomic mass is 32.2. The van der Waals surface area contributed by atoms with Crippen LogP contribution in [0, 0.1) is 11.2 Å². The van der Waals surface area contributed by atoms with Gasteiger partial charge in [0.15, 0.2) is 0 Å². The van der Waals surface area contributed by atoms with Crippen LogP contribution in [0.1, 0.15) is 20.8 Å². The van der Waals surface area contributed by atoms with Crippen LogP contribution in [0.5, 0.6) is 11.5 Å². The number of carbonyl (C=O) groups excluding carboxylic acids is 2. The van der Waals surface area contributed by atoms with Gasteiger partial charge in [-0.3, -0.25) is 14.9 Å². The SMILES string of the molecule is CCOC(=O)CNC(C(=O)OC)(C(C)(C)C(=O)O)S(=O)(=O)c1ccc(Oc2ccc(F)cc2)cc1. The summed E-state index contributed by atoms with van der Waals surface area (Å²) < 4.78 is 55.8. The topological polar surface area (TPSA) is 145 Å². The summed E-state index contributed by atoms with van der Waals surface area (Å²) in [6, 6.07) is 9.87. The Morgan fingerprint density at radius 1 is 1.00 bits per heavy atom. The number of rotatable bonds is 11. The minimum atomic E-state index is -4.86. The highest BCUT2D eigenvalue weighted by Crippen LogP contribution is 2.41. The van der Waals surface area contributed by atoms with Crippen molar-refractivity contribution in [3.63, 3.8) is 0 Å². The Kier molecular flexibility index (Phi) is 8.58. The third-order valence-corrected chi connectivity index (χ3v) is 7.78. The summed E-state index contributed by atoms with van der Waals surface area (Å²) >= 11 is 0. The Hall–Kier alpha value is -3.51. The van der Waals surface area contributed by atoms with E-state index in [-0.39, 0.29) is 18.1 Å². The highest BCUT2D eigenvalue weighted by Gasteiger charge is 2.66. The van der Waals surface area contributed by atoms with E-state index >= 15 is 0 Å². The zero-order valence-electron chi connectivity index (χ0n) is 19.5. The molecule has 0 radical (unpaired) electrons. The van der Waals surface area contributed by atoms with Gasteiger partial charge in [-0.05, 0) is 69.3 Å². The Morgan fingerprint density at radius 3 is 1.97 bits per heavy atom. The molecule has 1 atom stereocenters. The molecule has 1 unspecified atom stereocenters. The standard InChI is InChI=1S/C23H26FNO9S/c1-5-33-19(26)14-25-23(21(29)32-4,22(2,3)20(27)28)35(30,31)18-12-10-17(11-13-18)34-16-8-6-15(24)7-9-16/h6-13,25H,5,14H2,1-4H3,(H,27,28). The Balaban J connectivity index is 2.58. The number of carboxylic acid groups (broad SMARTS) is 1. The van der Waals surface area contributed by atoms with Gasteiger partial charge in [0.2, 0.25) is 14.7 Å². The van der Waals surface area contributed by atoms with Crippen LogP contribution in [0.25, 0.3) is 0 Å². The average molecular weight is 512 g/mol. The van der Waals surface area contributed by atoms with Crippen molar-refractivity contribution in [1.29, 1.82) is 0 Å². The van der Waals surface area contributed by atoms with Gasteiger partial charge in [0.1, 0.15) is 22.7 Å². The molecule has 190 valence electrons. The normalized spacial score (nSPS) is 13.4. The van der Waals surface area contributed by atoms with Gasteiger partial charge in [-0.15, -0.1) is 0 Å². The van der Waals surface area contributed by atoms with Gasteiger partial charge in [-0.2, -0.15) is 0 Å². The number of hydrogen-bond acceptors (Lipinski definition) is 9. The lowest BCUT2D eigenvalue weighted by Gasteiger charge is -2.40. The number of aliphatic carboxylic acids is 1. The van der Waals surface area contributed by atoms with Gasteiger partial charge in [0.05, 0.1) is 25.2 Å². The van der Waals surface area contributed by atoms with Gasteiger partial charge in [-0.25, -0.2) is 17.6 Å². The molecule has 0 aliphatic carbocycles. The molecule has 0 saturated carbocycles. The minimum absolute atomic E-state index is 0.0175. The monoisotopic (exact) mass is 511 g/mol. The van der Waals surface area contributed by atoms with E-state index in [2.05, 4.69) is 5.32 Å². The molecule has 2 rings (SSSR count). The average Bonchev–Trinajstić information content (AvgIpc) is 2.80. The van der Waals surface area contributed by atoms with Gasteiger partial charge in [0.25, 0.3) is 0 Å². The third-order valence-electron chi connectivity index (χ3n) is 5.26. The maximum absolute atomic E-state index is 13.8. The van der Waals surface area contributed by atoms with Crippen molar-refractivity contribution >= 4 is 27.7 Å². The second-order valence-electron chi connectivity index (χ2n) is 7.79. The minimum Gasteiger partial charge on any atom is -0.481 e. The molecule has 0 fully saturated rings. The number of carboxylic acids is 1. The summed E-state index contributed by atoms with van der Waals surface area (Å²) in [7, 11) is -3.96. The number of sulfone groups is 1. The fourth-order valence-electron chi connectivity index (χ4n) is 3.29. The lowest BCUT2D eigenvalue weighted by molar-refractivity contribution is -0.161. The van der Waals surface area contributed by atoms with E-state index in [1.165, 1.54) is 43.3 Å². The fourth-order valence-corrected chi connectivity index (χ4v) is 5.47. The number of ether oxygens (including phenoxy) is 3. The number of nitrogens with one attached hydrogen (secondary N) is 1. The van der Waals surface area contributed by atoms with Crippen molar-refractivity contribution in [3.8, 4) is 11.5 Å². The second-order valence-corrected chi connectivity index (χ2v) is 9.88. The van der Waals surface area contributed by atoms with Crippen molar-refractivity contribution in [2.45, 2.75) is 30.5 Å². The lowest BCUT2D eigenvalue weighted by Crippen LogP contribution is -2.69. The van der Waals surface area contributed by atoms with Crippen molar-refractivity contribution < 1.29 is 46.5 Å². The smallest absolute Gasteiger partial charge is 0.343 e. The van der Waals surface area contributed by atoms with E-state index < -0.39 is 55.3 Å². The number of esters is 2. The van der Waals surface area contributed by atoms with Crippen LogP contribution in [-0.4, -0.2) is 56.6 Å². The van der Waals surface area contributed by atoms with E-state index in [4.69, 9.17) is 14.2 Å². The third kappa shape index (κ3) is 5.43. The largest absolute Gasteiger partial charge is 0.481 e. The molecule has 12 heteroatoms. The highest BCUT2D eigenvalue weighted by molar-refractivity contribution is 7.93. The predicted octanol–water partition coefficient (Wildman–Crippen LogP) is 2.52. The molecule has 0 amide bonds. The molecule has 0 aromatic heterocycles. The van der Waals surface area contributed by atoms with E-state index in [1.807, 2.05) is 0 Å². The van der Waals surface area contributed by atoms with Crippen LogP contribution in [0.4, 0.5) is 4.39 Å². The molecular formula is C23H26FNO9S. The molecule has 10 nitrogen and oxygen atoms in total. The first kappa shape index (κ1) is 27.7. The van der Waals surface area contributed by atoms with E-state index in [0.717, 1.165) is 33.1 Å². The molecule has 0 saturated heterocycles. The molecular weight excluding hydrogens is 485 g/mol. The molecule has 0 aliphatic heterocycles. The van der Waals surface area contributed by atoms with Crippen LogP contribution in [0.15, 0.2) is 53.4 Å². The van der Waals surface area contributed by atoms with Crippen molar-refractivity contribution in [3.05, 3.63) is 54.3 Å². The van der Waals surface area contributed by atoms with Gasteiger partial charge >= 0.3 is 17.9 Å². The summed E-state index contributed by atoms with van der Waals surface area (Å²) in [6.45, 7) is 2.77. The van der Waals surface area contributed by atoms with Crippen LogP contribution < -0.4 is 10.1 Å². The molecule has 2 N–H and O–H groups in total. The van der Waals surface area contributed by atoms with E-state index in [9.17, 15) is 32.3 Å². The Labute approximate surface area is 201 Å². The zero-order valence-corrected chi connectivity index (χ0v) is 20.3. The zero-order chi connectivity index (χ0) is 26.4. The van der Waals surface area contributed by atoms with Crippen LogP contribution >= 0.6 is 0 Å². The maximum atomic E-state index is 13.8. The molecule has 0 spiro atoms. The quantitative estimate of drug-likeness (QED) is 0.432. The van der Waals surface area contributed by atoms with Crippen molar-refractivity contribution in [1.82, 2.24) is 5.32 Å². The number of methoxy groups -OCH3 is 1. The molecule has 2 aromatic carbocycles. The van der Waals surface area contributed by atoms with E-state index in [1.54, 1.807) is 0 Å².